The second-order valence-electron chi connectivity index (χ2n) is 6.33. The Morgan fingerprint density at radius 3 is 2.69 bits per heavy atom. The van der Waals surface area contributed by atoms with E-state index in [1.807, 2.05) is 25.1 Å². The van der Waals surface area contributed by atoms with Gasteiger partial charge in [-0.15, -0.1) is 0 Å². The SMILES string of the molecule is Cc1cc(-c2c(-c3cccc(C#N)c3)nn3ccc(N=C(N)N)nc23)cc(Cl)n1. The Balaban J connectivity index is 2.07. The summed E-state index contributed by atoms with van der Waals surface area (Å²) in [5.74, 6) is 0.264. The third-order valence-electron chi connectivity index (χ3n) is 4.19. The zero-order valence-electron chi connectivity index (χ0n) is 15.3. The molecule has 0 aliphatic rings. The monoisotopic (exact) mass is 402 g/mol. The lowest BCUT2D eigenvalue weighted by molar-refractivity contribution is 0.942. The van der Waals surface area contributed by atoms with Gasteiger partial charge in [-0.05, 0) is 36.8 Å². The van der Waals surface area contributed by atoms with E-state index in [4.69, 9.17) is 23.1 Å². The van der Waals surface area contributed by atoms with E-state index in [0.717, 1.165) is 22.4 Å². The second kappa shape index (κ2) is 7.22. The van der Waals surface area contributed by atoms with Crippen molar-refractivity contribution in [1.29, 1.82) is 5.26 Å². The molecule has 29 heavy (non-hydrogen) atoms. The van der Waals surface area contributed by atoms with E-state index >= 15 is 0 Å². The normalized spacial score (nSPS) is 10.7. The van der Waals surface area contributed by atoms with Gasteiger partial charge in [0.2, 0.25) is 0 Å². The van der Waals surface area contributed by atoms with Crippen molar-refractivity contribution >= 4 is 29.0 Å². The number of benzene rings is 1. The maximum atomic E-state index is 9.28. The van der Waals surface area contributed by atoms with Crippen LogP contribution < -0.4 is 11.5 Å². The van der Waals surface area contributed by atoms with Crippen LogP contribution in [0.15, 0.2) is 53.7 Å². The minimum absolute atomic E-state index is 0.0901. The van der Waals surface area contributed by atoms with Crippen molar-refractivity contribution in [3.63, 3.8) is 0 Å². The first-order valence-corrected chi connectivity index (χ1v) is 8.96. The number of rotatable bonds is 3. The second-order valence-corrected chi connectivity index (χ2v) is 6.71. The van der Waals surface area contributed by atoms with E-state index in [9.17, 15) is 5.26 Å². The predicted molar refractivity (Wildman–Crippen MR) is 112 cm³/mol. The third-order valence-corrected chi connectivity index (χ3v) is 4.38. The van der Waals surface area contributed by atoms with Crippen LogP contribution in [0, 0.1) is 18.3 Å². The van der Waals surface area contributed by atoms with Gasteiger partial charge in [0.1, 0.15) is 10.8 Å². The summed E-state index contributed by atoms with van der Waals surface area (Å²) >= 11 is 6.21. The first-order chi connectivity index (χ1) is 13.9. The molecule has 0 radical (unpaired) electrons. The molecule has 0 bridgehead atoms. The van der Waals surface area contributed by atoms with Crippen molar-refractivity contribution in [2.75, 3.05) is 0 Å². The number of aromatic nitrogens is 4. The average Bonchev–Trinajstić information content (AvgIpc) is 3.05. The molecule has 0 unspecified atom stereocenters. The molecule has 0 aliphatic heterocycles. The van der Waals surface area contributed by atoms with Crippen molar-refractivity contribution in [2.45, 2.75) is 6.92 Å². The van der Waals surface area contributed by atoms with Crippen molar-refractivity contribution in [1.82, 2.24) is 19.6 Å². The molecule has 4 rings (SSSR count). The van der Waals surface area contributed by atoms with Crippen molar-refractivity contribution < 1.29 is 0 Å². The van der Waals surface area contributed by atoms with E-state index in [-0.39, 0.29) is 5.96 Å². The number of pyridine rings is 1. The van der Waals surface area contributed by atoms with E-state index in [2.05, 4.69) is 26.1 Å². The van der Waals surface area contributed by atoms with Gasteiger partial charge in [0.05, 0.1) is 17.2 Å². The molecule has 0 spiro atoms. The average molecular weight is 403 g/mol. The molecule has 3 aromatic heterocycles. The van der Waals surface area contributed by atoms with E-state index < -0.39 is 0 Å². The number of guanidine groups is 1. The van der Waals surface area contributed by atoms with Gasteiger partial charge in [-0.25, -0.2) is 14.5 Å². The van der Waals surface area contributed by atoms with Crippen LogP contribution in [0.25, 0.3) is 28.0 Å². The Hall–Kier alpha value is -3.96. The molecule has 1 aromatic carbocycles. The lowest BCUT2D eigenvalue weighted by Crippen LogP contribution is -2.22. The van der Waals surface area contributed by atoms with Gasteiger partial charge >= 0.3 is 0 Å². The number of aryl methyl sites for hydroxylation is 1. The molecule has 0 saturated carbocycles. The molecule has 0 aliphatic carbocycles. The molecule has 142 valence electrons. The largest absolute Gasteiger partial charge is 0.370 e. The lowest BCUT2D eigenvalue weighted by atomic mass is 10.00. The fourth-order valence-electron chi connectivity index (χ4n) is 3.09. The molecule has 0 saturated heterocycles. The summed E-state index contributed by atoms with van der Waals surface area (Å²) in [4.78, 5) is 12.8. The number of nitrogens with zero attached hydrogens (tertiary/aromatic N) is 6. The molecule has 4 N–H and O–H groups in total. The number of hydrogen-bond donors (Lipinski definition) is 2. The summed E-state index contributed by atoms with van der Waals surface area (Å²) in [6, 6.07) is 14.7. The molecular weight excluding hydrogens is 388 g/mol. The van der Waals surface area contributed by atoms with Crippen LogP contribution in [0.2, 0.25) is 5.15 Å². The van der Waals surface area contributed by atoms with Gasteiger partial charge in [0.25, 0.3) is 0 Å². The summed E-state index contributed by atoms with van der Waals surface area (Å²) in [6.45, 7) is 1.86. The van der Waals surface area contributed by atoms with Gasteiger partial charge < -0.3 is 11.5 Å². The van der Waals surface area contributed by atoms with Crippen LogP contribution >= 0.6 is 11.6 Å². The number of nitrogens with two attached hydrogens (primary N) is 2. The summed E-state index contributed by atoms with van der Waals surface area (Å²) in [7, 11) is 0. The number of hydrogen-bond acceptors (Lipinski definition) is 5. The number of fused-ring (bicyclic) bond motifs is 1. The van der Waals surface area contributed by atoms with Crippen molar-refractivity contribution in [2.24, 2.45) is 16.5 Å². The van der Waals surface area contributed by atoms with E-state index in [0.29, 0.717) is 27.9 Å². The minimum atomic E-state index is -0.0901. The Morgan fingerprint density at radius 1 is 1.14 bits per heavy atom. The van der Waals surface area contributed by atoms with Gasteiger partial charge in [0.15, 0.2) is 17.4 Å². The highest BCUT2D eigenvalue weighted by molar-refractivity contribution is 6.29. The Bertz CT molecular complexity index is 1290. The standard InChI is InChI=1S/C20H15ClN8/c1-11-7-14(9-15(21)25-11)17-18(13-4-2-3-12(8-13)10-22)28-29-6-5-16(26-19(17)29)27-20(23)24/h2-9H,1H3,(H4,23,24,26,27). The smallest absolute Gasteiger partial charge is 0.192 e. The van der Waals surface area contributed by atoms with Crippen LogP contribution in [0.3, 0.4) is 0 Å². The first kappa shape index (κ1) is 18.4. The minimum Gasteiger partial charge on any atom is -0.370 e. The van der Waals surface area contributed by atoms with Gasteiger partial charge in [0, 0.05) is 23.5 Å². The molecule has 3 heterocycles. The molecule has 0 fully saturated rings. The van der Waals surface area contributed by atoms with Crippen molar-refractivity contribution in [3.8, 4) is 28.5 Å². The third kappa shape index (κ3) is 3.59. The first-order valence-electron chi connectivity index (χ1n) is 8.59. The quantitative estimate of drug-likeness (QED) is 0.307. The van der Waals surface area contributed by atoms with E-state index in [1.54, 1.807) is 35.0 Å². The highest BCUT2D eigenvalue weighted by Crippen LogP contribution is 2.36. The molecular formula is C20H15ClN8. The fourth-order valence-corrected chi connectivity index (χ4v) is 3.34. The topological polar surface area (TPSA) is 131 Å². The zero-order valence-corrected chi connectivity index (χ0v) is 16.1. The van der Waals surface area contributed by atoms with Crippen LogP contribution in [-0.2, 0) is 0 Å². The summed E-state index contributed by atoms with van der Waals surface area (Å²) < 4.78 is 1.64. The van der Waals surface area contributed by atoms with Gasteiger partial charge in [-0.3, -0.25) is 0 Å². The van der Waals surface area contributed by atoms with E-state index in [1.165, 1.54) is 0 Å². The van der Waals surface area contributed by atoms with Crippen LogP contribution in [0.5, 0.6) is 0 Å². The van der Waals surface area contributed by atoms with Crippen LogP contribution in [0.4, 0.5) is 5.82 Å². The van der Waals surface area contributed by atoms with Crippen LogP contribution in [-0.4, -0.2) is 25.5 Å². The molecule has 0 amide bonds. The summed E-state index contributed by atoms with van der Waals surface area (Å²) in [5.41, 5.74) is 15.8. The van der Waals surface area contributed by atoms with Crippen LogP contribution in [0.1, 0.15) is 11.3 Å². The fraction of sp³-hybridized carbons (Fsp3) is 0.0500. The van der Waals surface area contributed by atoms with Gasteiger partial charge in [-0.2, -0.15) is 15.4 Å². The Morgan fingerprint density at radius 2 is 1.97 bits per heavy atom. The number of nitriles is 1. The Labute approximate surface area is 171 Å². The number of halogens is 1. The lowest BCUT2D eigenvalue weighted by Gasteiger charge is -2.06. The Kier molecular flexibility index (Phi) is 4.58. The van der Waals surface area contributed by atoms with Crippen molar-refractivity contribution in [3.05, 3.63) is 65.1 Å². The highest BCUT2D eigenvalue weighted by Gasteiger charge is 2.19. The zero-order chi connectivity index (χ0) is 20.5. The summed E-state index contributed by atoms with van der Waals surface area (Å²) in [6.07, 6.45) is 1.72. The predicted octanol–water partition coefficient (Wildman–Crippen LogP) is 3.20. The number of aliphatic imine (C=N–C) groups is 1. The van der Waals surface area contributed by atoms with Gasteiger partial charge in [-0.1, -0.05) is 23.7 Å². The molecule has 0 atom stereocenters. The maximum Gasteiger partial charge on any atom is 0.192 e. The summed E-state index contributed by atoms with van der Waals surface area (Å²) in [5, 5.41) is 14.3. The molecule has 8 nitrogen and oxygen atoms in total. The molecule has 4 aromatic rings. The molecule has 9 heteroatoms. The maximum absolute atomic E-state index is 9.28. The highest BCUT2D eigenvalue weighted by atomic mass is 35.5.